The molecule has 2 aromatic heterocycles. The summed E-state index contributed by atoms with van der Waals surface area (Å²) in [6.07, 6.45) is 9.14. The predicted molar refractivity (Wildman–Crippen MR) is 173 cm³/mol. The minimum atomic E-state index is -0.838. The van der Waals surface area contributed by atoms with Gasteiger partial charge in [-0.15, -0.1) is 6.58 Å². The Morgan fingerprint density at radius 1 is 0.977 bits per heavy atom. The van der Waals surface area contributed by atoms with Gasteiger partial charge in [-0.05, 0) is 60.4 Å². The lowest BCUT2D eigenvalue weighted by Gasteiger charge is -2.18. The molecule has 7 N–H and O–H groups in total. The number of allylic oxidation sites excluding steroid dienone is 1. The fraction of sp³-hybridized carbons (Fsp3) is 0.194. The van der Waals surface area contributed by atoms with Crippen molar-refractivity contribution in [1.82, 2.24) is 30.6 Å². The number of benzene rings is 2. The topological polar surface area (TPSA) is 173 Å². The summed E-state index contributed by atoms with van der Waals surface area (Å²) >= 11 is 0. The largest absolute Gasteiger partial charge is 0.493 e. The van der Waals surface area contributed by atoms with Crippen LogP contribution in [0.1, 0.15) is 6.42 Å². The molecule has 4 rings (SSSR count). The van der Waals surface area contributed by atoms with Crippen molar-refractivity contribution in [3.05, 3.63) is 91.4 Å². The minimum absolute atomic E-state index is 0.134. The molecule has 2 aromatic carbocycles. The third-order valence-electron chi connectivity index (χ3n) is 6.23. The zero-order valence-corrected chi connectivity index (χ0v) is 24.8. The predicted octanol–water partition coefficient (Wildman–Crippen LogP) is 3.97. The Balaban J connectivity index is 1.66. The summed E-state index contributed by atoms with van der Waals surface area (Å²) in [5, 5.41) is 16.5. The molecule has 0 saturated carbocycles. The van der Waals surface area contributed by atoms with E-state index in [9.17, 15) is 4.79 Å². The smallest absolute Gasteiger partial charge is 0.240 e. The number of anilines is 5. The van der Waals surface area contributed by atoms with Crippen molar-refractivity contribution in [2.24, 2.45) is 5.73 Å². The summed E-state index contributed by atoms with van der Waals surface area (Å²) in [5.41, 5.74) is 8.85. The number of hydrogen-bond donors (Lipinski definition) is 6. The molecular formula is C31H36N10O3. The number of ether oxygens (including phenoxy) is 2. The SMILES string of the molecule is C=CCN/C=C/C(=C\NC)CC(Nc1nc(Nc2ccc(OC)c(OC)c2)nc(Nc2ccc3ncccc3c2)n1)C(N)=O. The Morgan fingerprint density at radius 3 is 2.36 bits per heavy atom. The van der Waals surface area contributed by atoms with Gasteiger partial charge in [0.15, 0.2) is 11.5 Å². The zero-order valence-electron chi connectivity index (χ0n) is 24.8. The molecular weight excluding hydrogens is 560 g/mol. The third kappa shape index (κ3) is 8.58. The number of aromatic nitrogens is 4. The first kappa shape index (κ1) is 31.1. The van der Waals surface area contributed by atoms with E-state index >= 15 is 0 Å². The van der Waals surface area contributed by atoms with Gasteiger partial charge in [-0.3, -0.25) is 9.78 Å². The first-order chi connectivity index (χ1) is 21.4. The van der Waals surface area contributed by atoms with Gasteiger partial charge in [0.1, 0.15) is 6.04 Å². The molecule has 0 aliphatic carbocycles. The molecule has 0 aliphatic rings. The van der Waals surface area contributed by atoms with Crippen molar-refractivity contribution in [2.45, 2.75) is 12.5 Å². The van der Waals surface area contributed by atoms with Crippen LogP contribution < -0.4 is 41.8 Å². The Labute approximate surface area is 255 Å². The molecule has 0 aliphatic heterocycles. The highest BCUT2D eigenvalue weighted by Crippen LogP contribution is 2.31. The second-order valence-corrected chi connectivity index (χ2v) is 9.38. The maximum Gasteiger partial charge on any atom is 0.240 e. The molecule has 1 atom stereocenters. The molecule has 0 radical (unpaired) electrons. The lowest BCUT2D eigenvalue weighted by Crippen LogP contribution is -2.36. The standard InChI is InChI=1S/C31H36N10O3/c1-5-13-34-15-12-20(19-33-2)16-25(28(32)42)38-31-40-29(36-22-8-10-24-21(17-22)7-6-14-35-24)39-30(41-31)37-23-9-11-26(43-3)27(18-23)44-4/h5-12,14-15,17-19,25,33-34H,1,13,16H2,2-4H3,(H2,32,42)(H3,36,37,38,39,40,41)/b15-12+,20-19+. The maximum atomic E-state index is 12.6. The normalized spacial score (nSPS) is 11.9. The van der Waals surface area contributed by atoms with Gasteiger partial charge in [0, 0.05) is 49.0 Å². The van der Waals surface area contributed by atoms with Gasteiger partial charge in [0.2, 0.25) is 23.8 Å². The number of hydrogen-bond acceptors (Lipinski definition) is 12. The number of carbonyl (C=O) groups is 1. The average Bonchev–Trinajstić information content (AvgIpc) is 3.02. The molecule has 0 saturated heterocycles. The molecule has 0 fully saturated rings. The van der Waals surface area contributed by atoms with Crippen molar-refractivity contribution < 1.29 is 14.3 Å². The van der Waals surface area contributed by atoms with Crippen molar-refractivity contribution in [3.8, 4) is 11.5 Å². The van der Waals surface area contributed by atoms with Crippen LogP contribution in [0.5, 0.6) is 11.5 Å². The first-order valence-electron chi connectivity index (χ1n) is 13.7. The quantitative estimate of drug-likeness (QED) is 0.0625. The van der Waals surface area contributed by atoms with E-state index in [0.717, 1.165) is 22.2 Å². The summed E-state index contributed by atoms with van der Waals surface area (Å²) < 4.78 is 10.8. The monoisotopic (exact) mass is 596 g/mol. The number of fused-ring (bicyclic) bond motifs is 1. The van der Waals surface area contributed by atoms with Crippen molar-refractivity contribution >= 4 is 46.0 Å². The number of nitrogens with one attached hydrogen (secondary N) is 5. The molecule has 1 amide bonds. The van der Waals surface area contributed by atoms with Gasteiger partial charge in [0.25, 0.3) is 0 Å². The minimum Gasteiger partial charge on any atom is -0.493 e. The van der Waals surface area contributed by atoms with Crippen LogP contribution >= 0.6 is 0 Å². The van der Waals surface area contributed by atoms with Crippen LogP contribution in [0, 0.1) is 0 Å². The van der Waals surface area contributed by atoms with Crippen molar-refractivity contribution in [3.63, 3.8) is 0 Å². The Hall–Kier alpha value is -5.85. The summed E-state index contributed by atoms with van der Waals surface area (Å²) in [6, 6.07) is 14.0. The highest BCUT2D eigenvalue weighted by Gasteiger charge is 2.19. The fourth-order valence-electron chi connectivity index (χ4n) is 4.17. The Morgan fingerprint density at radius 2 is 1.68 bits per heavy atom. The van der Waals surface area contributed by atoms with Crippen molar-refractivity contribution in [2.75, 3.05) is 43.8 Å². The number of methoxy groups -OCH3 is 2. The van der Waals surface area contributed by atoms with Crippen LogP contribution in [0.4, 0.5) is 29.2 Å². The molecule has 13 heteroatoms. The van der Waals surface area contributed by atoms with E-state index in [-0.39, 0.29) is 24.3 Å². The molecule has 13 nitrogen and oxygen atoms in total. The number of pyridine rings is 1. The lowest BCUT2D eigenvalue weighted by molar-refractivity contribution is -0.118. The number of rotatable bonds is 16. The van der Waals surface area contributed by atoms with Crippen LogP contribution in [-0.4, -0.2) is 59.7 Å². The number of amides is 1. The second kappa shape index (κ2) is 15.4. The zero-order chi connectivity index (χ0) is 31.3. The van der Waals surface area contributed by atoms with Gasteiger partial charge in [-0.2, -0.15) is 15.0 Å². The van der Waals surface area contributed by atoms with Crippen molar-refractivity contribution in [1.29, 1.82) is 0 Å². The molecule has 4 aromatic rings. The van der Waals surface area contributed by atoms with Gasteiger partial charge in [-0.1, -0.05) is 12.1 Å². The first-order valence-corrected chi connectivity index (χ1v) is 13.7. The van der Waals surface area contributed by atoms with Gasteiger partial charge in [-0.25, -0.2) is 0 Å². The van der Waals surface area contributed by atoms with Crippen LogP contribution in [0.25, 0.3) is 10.9 Å². The maximum absolute atomic E-state index is 12.6. The summed E-state index contributed by atoms with van der Waals surface area (Å²) in [6.45, 7) is 4.29. The average molecular weight is 597 g/mol. The number of nitrogens with two attached hydrogens (primary N) is 1. The number of nitrogens with zero attached hydrogens (tertiary/aromatic N) is 4. The van der Waals surface area contributed by atoms with Crippen LogP contribution in [0.15, 0.2) is 91.4 Å². The van der Waals surface area contributed by atoms with Gasteiger partial charge in [0.05, 0.1) is 19.7 Å². The molecule has 2 heterocycles. The number of primary amides is 1. The van der Waals surface area contributed by atoms with E-state index in [2.05, 4.69) is 53.1 Å². The van der Waals surface area contributed by atoms with E-state index in [1.54, 1.807) is 64.1 Å². The molecule has 0 bridgehead atoms. The van der Waals surface area contributed by atoms with Crippen LogP contribution in [0.2, 0.25) is 0 Å². The Kier molecular flexibility index (Phi) is 10.9. The van der Waals surface area contributed by atoms with Crippen LogP contribution in [-0.2, 0) is 4.79 Å². The van der Waals surface area contributed by atoms with Gasteiger partial charge < -0.3 is 41.8 Å². The fourth-order valence-corrected chi connectivity index (χ4v) is 4.17. The van der Waals surface area contributed by atoms with E-state index < -0.39 is 11.9 Å². The summed E-state index contributed by atoms with van der Waals surface area (Å²) in [7, 11) is 4.89. The lowest BCUT2D eigenvalue weighted by atomic mass is 10.1. The van der Waals surface area contributed by atoms with Gasteiger partial charge >= 0.3 is 0 Å². The highest BCUT2D eigenvalue weighted by molar-refractivity contribution is 5.84. The van der Waals surface area contributed by atoms with Crippen LogP contribution in [0.3, 0.4) is 0 Å². The van der Waals surface area contributed by atoms with E-state index in [4.69, 9.17) is 15.2 Å². The second-order valence-electron chi connectivity index (χ2n) is 9.38. The van der Waals surface area contributed by atoms with E-state index in [1.165, 1.54) is 0 Å². The summed E-state index contributed by atoms with van der Waals surface area (Å²) in [4.78, 5) is 30.6. The van der Waals surface area contributed by atoms with E-state index in [1.807, 2.05) is 36.4 Å². The molecule has 1 unspecified atom stereocenters. The molecule has 44 heavy (non-hydrogen) atoms. The summed E-state index contributed by atoms with van der Waals surface area (Å²) in [5.74, 6) is 1.10. The number of carbonyl (C=O) groups excluding carboxylic acids is 1. The molecule has 0 spiro atoms. The molecule has 228 valence electrons. The Bertz CT molecular complexity index is 1660. The third-order valence-corrected chi connectivity index (χ3v) is 6.23. The van der Waals surface area contributed by atoms with E-state index in [0.29, 0.717) is 23.7 Å². The highest BCUT2D eigenvalue weighted by atomic mass is 16.5.